The normalized spacial score (nSPS) is 13.2. The standard InChI is InChI=1S/C31H31Cl2N3O4/c1-2-16-34-29(38)27(19-21-9-4-3-5-10-21)36(20-22-14-15-25(32)26(33)18-22)28(37)13-8-17-35-30(39)23-11-6-7-12-24(23)31(35)40/h3-7,9-12,14-15,18,27H,2,8,13,16-17,19-20H2,1H3,(H,34,38)/t27-/m1/s1. The van der Waals surface area contributed by atoms with Gasteiger partial charge in [-0.3, -0.25) is 24.1 Å². The third-order valence-corrected chi connectivity index (χ3v) is 7.55. The average molecular weight is 581 g/mol. The Morgan fingerprint density at radius 3 is 2.15 bits per heavy atom. The molecule has 0 saturated heterocycles. The van der Waals surface area contributed by atoms with Crippen LogP contribution in [0.4, 0.5) is 0 Å². The summed E-state index contributed by atoms with van der Waals surface area (Å²) in [4.78, 5) is 55.4. The predicted octanol–water partition coefficient (Wildman–Crippen LogP) is 5.54. The first-order valence-electron chi connectivity index (χ1n) is 13.3. The van der Waals surface area contributed by atoms with Crippen LogP contribution in [0.2, 0.25) is 10.0 Å². The van der Waals surface area contributed by atoms with E-state index in [0.717, 1.165) is 17.5 Å². The van der Waals surface area contributed by atoms with Crippen molar-refractivity contribution in [1.29, 1.82) is 0 Å². The summed E-state index contributed by atoms with van der Waals surface area (Å²) in [5, 5.41) is 3.69. The zero-order chi connectivity index (χ0) is 28.6. The summed E-state index contributed by atoms with van der Waals surface area (Å²) in [5.41, 5.74) is 2.38. The number of fused-ring (bicyclic) bond motifs is 1. The third kappa shape index (κ3) is 6.90. The first kappa shape index (κ1) is 29.3. The van der Waals surface area contributed by atoms with Crippen molar-refractivity contribution in [2.75, 3.05) is 13.1 Å². The van der Waals surface area contributed by atoms with E-state index in [2.05, 4.69) is 5.32 Å². The zero-order valence-electron chi connectivity index (χ0n) is 22.2. The zero-order valence-corrected chi connectivity index (χ0v) is 23.8. The van der Waals surface area contributed by atoms with Crippen LogP contribution in [-0.4, -0.2) is 52.6 Å². The van der Waals surface area contributed by atoms with Crippen LogP contribution in [0.5, 0.6) is 0 Å². The summed E-state index contributed by atoms with van der Waals surface area (Å²) in [6, 6.07) is 20.6. The Hall–Kier alpha value is -3.68. The Labute approximate surface area is 244 Å². The predicted molar refractivity (Wildman–Crippen MR) is 155 cm³/mol. The molecule has 1 atom stereocenters. The number of nitrogens with one attached hydrogen (secondary N) is 1. The second kappa shape index (κ2) is 13.6. The quantitative estimate of drug-likeness (QED) is 0.285. The van der Waals surface area contributed by atoms with Gasteiger partial charge in [0, 0.05) is 32.5 Å². The number of amides is 4. The van der Waals surface area contributed by atoms with E-state index in [1.54, 1.807) is 47.4 Å². The Kier molecular flexibility index (Phi) is 9.96. The Morgan fingerprint density at radius 2 is 1.52 bits per heavy atom. The molecule has 0 aromatic heterocycles. The molecule has 7 nitrogen and oxygen atoms in total. The Bertz CT molecular complexity index is 1360. The van der Waals surface area contributed by atoms with Crippen LogP contribution in [0.15, 0.2) is 72.8 Å². The monoisotopic (exact) mass is 579 g/mol. The van der Waals surface area contributed by atoms with Gasteiger partial charge in [-0.2, -0.15) is 0 Å². The highest BCUT2D eigenvalue weighted by molar-refractivity contribution is 6.42. The fraction of sp³-hybridized carbons (Fsp3) is 0.290. The molecule has 0 fully saturated rings. The lowest BCUT2D eigenvalue weighted by Crippen LogP contribution is -2.50. The van der Waals surface area contributed by atoms with Crippen molar-refractivity contribution in [3.8, 4) is 0 Å². The van der Waals surface area contributed by atoms with Gasteiger partial charge >= 0.3 is 0 Å². The van der Waals surface area contributed by atoms with Gasteiger partial charge in [0.1, 0.15) is 6.04 Å². The molecule has 0 spiro atoms. The molecular formula is C31H31Cl2N3O4. The van der Waals surface area contributed by atoms with E-state index in [0.29, 0.717) is 34.1 Å². The molecule has 4 rings (SSSR count). The van der Waals surface area contributed by atoms with Gasteiger partial charge < -0.3 is 10.2 Å². The average Bonchev–Trinajstić information content (AvgIpc) is 3.20. The molecule has 1 heterocycles. The summed E-state index contributed by atoms with van der Waals surface area (Å²) in [6.45, 7) is 2.69. The maximum atomic E-state index is 13.8. The summed E-state index contributed by atoms with van der Waals surface area (Å²) < 4.78 is 0. The largest absolute Gasteiger partial charge is 0.354 e. The van der Waals surface area contributed by atoms with Crippen LogP contribution >= 0.6 is 23.2 Å². The summed E-state index contributed by atoms with van der Waals surface area (Å²) >= 11 is 12.4. The summed E-state index contributed by atoms with van der Waals surface area (Å²) in [5.74, 6) is -1.24. The van der Waals surface area contributed by atoms with Gasteiger partial charge in [-0.15, -0.1) is 0 Å². The molecule has 3 aromatic rings. The highest BCUT2D eigenvalue weighted by Gasteiger charge is 2.35. The van der Waals surface area contributed by atoms with Crippen LogP contribution in [0.1, 0.15) is 58.0 Å². The molecule has 4 amide bonds. The van der Waals surface area contributed by atoms with Crippen molar-refractivity contribution >= 4 is 46.8 Å². The molecule has 1 aliphatic rings. The lowest BCUT2D eigenvalue weighted by atomic mass is 10.0. The van der Waals surface area contributed by atoms with E-state index in [1.165, 1.54) is 4.90 Å². The van der Waals surface area contributed by atoms with Gasteiger partial charge in [0.2, 0.25) is 11.8 Å². The lowest BCUT2D eigenvalue weighted by molar-refractivity contribution is -0.141. The van der Waals surface area contributed by atoms with Crippen molar-refractivity contribution < 1.29 is 19.2 Å². The number of nitrogens with zero attached hydrogens (tertiary/aromatic N) is 2. The number of rotatable bonds is 12. The molecule has 9 heteroatoms. The fourth-order valence-electron chi connectivity index (χ4n) is 4.73. The van der Waals surface area contributed by atoms with Crippen molar-refractivity contribution in [3.63, 3.8) is 0 Å². The minimum atomic E-state index is -0.782. The number of carbonyl (C=O) groups is 4. The molecular weight excluding hydrogens is 549 g/mol. The van der Waals surface area contributed by atoms with E-state index >= 15 is 0 Å². The Morgan fingerprint density at radius 1 is 0.875 bits per heavy atom. The van der Waals surface area contributed by atoms with Crippen LogP contribution in [-0.2, 0) is 22.6 Å². The van der Waals surface area contributed by atoms with Gasteiger partial charge in [0.15, 0.2) is 0 Å². The molecule has 208 valence electrons. The lowest BCUT2D eigenvalue weighted by Gasteiger charge is -2.32. The summed E-state index contributed by atoms with van der Waals surface area (Å²) in [6.07, 6.45) is 1.38. The molecule has 0 bridgehead atoms. The smallest absolute Gasteiger partial charge is 0.261 e. The molecule has 1 aliphatic heterocycles. The molecule has 0 unspecified atom stereocenters. The van der Waals surface area contributed by atoms with E-state index < -0.39 is 6.04 Å². The third-order valence-electron chi connectivity index (χ3n) is 6.81. The molecule has 0 saturated carbocycles. The van der Waals surface area contributed by atoms with E-state index in [9.17, 15) is 19.2 Å². The topological polar surface area (TPSA) is 86.8 Å². The fourth-order valence-corrected chi connectivity index (χ4v) is 5.05. The molecule has 1 N–H and O–H groups in total. The van der Waals surface area contributed by atoms with Gasteiger partial charge in [-0.1, -0.05) is 78.7 Å². The first-order valence-corrected chi connectivity index (χ1v) is 14.1. The van der Waals surface area contributed by atoms with Crippen LogP contribution in [0, 0.1) is 0 Å². The van der Waals surface area contributed by atoms with E-state index in [-0.39, 0.29) is 49.6 Å². The van der Waals surface area contributed by atoms with Crippen molar-refractivity contribution in [3.05, 3.63) is 105 Å². The van der Waals surface area contributed by atoms with Gasteiger partial charge in [-0.25, -0.2) is 0 Å². The SMILES string of the molecule is CCCNC(=O)[C@@H](Cc1ccccc1)N(Cc1ccc(Cl)c(Cl)c1)C(=O)CCCN1C(=O)c2ccccc2C1=O. The minimum Gasteiger partial charge on any atom is -0.354 e. The second-order valence-electron chi connectivity index (χ2n) is 9.68. The molecule has 40 heavy (non-hydrogen) atoms. The second-order valence-corrected chi connectivity index (χ2v) is 10.5. The number of hydrogen-bond acceptors (Lipinski definition) is 4. The number of carbonyl (C=O) groups excluding carboxylic acids is 4. The van der Waals surface area contributed by atoms with Crippen molar-refractivity contribution in [1.82, 2.24) is 15.1 Å². The number of halogens is 2. The van der Waals surface area contributed by atoms with Crippen molar-refractivity contribution in [2.45, 2.75) is 45.2 Å². The van der Waals surface area contributed by atoms with Crippen LogP contribution in [0.25, 0.3) is 0 Å². The van der Waals surface area contributed by atoms with Crippen LogP contribution in [0.3, 0.4) is 0 Å². The molecule has 3 aromatic carbocycles. The number of hydrogen-bond donors (Lipinski definition) is 1. The minimum absolute atomic E-state index is 0.0427. The number of benzene rings is 3. The summed E-state index contributed by atoms with van der Waals surface area (Å²) in [7, 11) is 0. The molecule has 0 radical (unpaired) electrons. The van der Waals surface area contributed by atoms with E-state index in [1.807, 2.05) is 37.3 Å². The maximum Gasteiger partial charge on any atom is 0.261 e. The van der Waals surface area contributed by atoms with Gasteiger partial charge in [0.05, 0.1) is 21.2 Å². The highest BCUT2D eigenvalue weighted by Crippen LogP contribution is 2.26. The van der Waals surface area contributed by atoms with Gasteiger partial charge in [0.25, 0.3) is 11.8 Å². The molecule has 0 aliphatic carbocycles. The van der Waals surface area contributed by atoms with Crippen LogP contribution < -0.4 is 5.32 Å². The maximum absolute atomic E-state index is 13.8. The van der Waals surface area contributed by atoms with Gasteiger partial charge in [-0.05, 0) is 48.2 Å². The highest BCUT2D eigenvalue weighted by atomic mass is 35.5. The van der Waals surface area contributed by atoms with E-state index in [4.69, 9.17) is 23.2 Å². The first-order chi connectivity index (χ1) is 19.3. The number of imide groups is 1. The van der Waals surface area contributed by atoms with Crippen molar-refractivity contribution in [2.24, 2.45) is 0 Å². The Balaban J connectivity index is 1.55.